The number of nitrogens with zero attached hydrogens (tertiary/aromatic N) is 2. The quantitative estimate of drug-likeness (QED) is 0.171. The average Bonchev–Trinajstić information content (AvgIpc) is 3.35. The molecule has 374 valence electrons. The first kappa shape index (κ1) is 43.9. The maximum absolute atomic E-state index is 2.59. The van der Waals surface area contributed by atoms with E-state index in [0.29, 0.717) is 0 Å². The van der Waals surface area contributed by atoms with Crippen LogP contribution in [0, 0.1) is 0 Å². The minimum Gasteiger partial charge on any atom is -0.310 e. The van der Waals surface area contributed by atoms with Crippen molar-refractivity contribution >= 4 is 81.1 Å². The second-order valence-electron chi connectivity index (χ2n) is 22.5. The Labute approximate surface area is 472 Å². The summed E-state index contributed by atoms with van der Waals surface area (Å²) in [5.74, 6) is 0. The van der Waals surface area contributed by atoms with Gasteiger partial charge in [0.1, 0.15) is 0 Å². The number of thiophene rings is 1. The molecule has 19 rings (SSSR count). The summed E-state index contributed by atoms with van der Waals surface area (Å²) in [4.78, 5) is 2.59. The Hall–Kier alpha value is -10.1. The highest BCUT2D eigenvalue weighted by Crippen LogP contribution is 2.66. The number of rotatable bonds is 4. The summed E-state index contributed by atoms with van der Waals surface area (Å²) in [6.45, 7) is 0. The zero-order valence-corrected chi connectivity index (χ0v) is 44.7. The van der Waals surface area contributed by atoms with Crippen molar-refractivity contribution in [3.63, 3.8) is 0 Å². The number of aromatic nitrogens is 1. The number of fused-ring (bicyclic) bond motifs is 27. The predicted molar refractivity (Wildman–Crippen MR) is 338 cm³/mol. The van der Waals surface area contributed by atoms with Gasteiger partial charge in [-0.3, -0.25) is 0 Å². The molecule has 81 heavy (non-hydrogen) atoms. The van der Waals surface area contributed by atoms with E-state index in [4.69, 9.17) is 0 Å². The Morgan fingerprint density at radius 3 is 1.70 bits per heavy atom. The van der Waals surface area contributed by atoms with E-state index in [1.807, 2.05) is 11.3 Å². The Bertz CT molecular complexity index is 5220. The van der Waals surface area contributed by atoms with E-state index in [1.54, 1.807) is 0 Å². The highest BCUT2D eigenvalue weighted by atomic mass is 32.1. The van der Waals surface area contributed by atoms with Gasteiger partial charge in [0, 0.05) is 47.9 Å². The molecule has 13 aromatic carbocycles. The molecule has 3 heteroatoms. The fourth-order valence-corrected chi connectivity index (χ4v) is 17.0. The van der Waals surface area contributed by atoms with Crippen LogP contribution >= 0.6 is 11.3 Å². The van der Waals surface area contributed by atoms with Crippen LogP contribution in [0.5, 0.6) is 0 Å². The number of benzene rings is 13. The summed E-state index contributed by atoms with van der Waals surface area (Å²) < 4.78 is 5.18. The largest absolute Gasteiger partial charge is 0.310 e. The molecule has 0 saturated heterocycles. The molecule has 1 unspecified atom stereocenters. The minimum absolute atomic E-state index is 0.546. The van der Waals surface area contributed by atoms with Gasteiger partial charge in [0.15, 0.2) is 0 Å². The topological polar surface area (TPSA) is 8.17 Å². The number of hydrogen-bond acceptors (Lipinski definition) is 2. The van der Waals surface area contributed by atoms with Crippen LogP contribution in [0.2, 0.25) is 0 Å². The van der Waals surface area contributed by atoms with E-state index in [1.165, 1.54) is 147 Å². The summed E-state index contributed by atoms with van der Waals surface area (Å²) in [6, 6.07) is 106. The van der Waals surface area contributed by atoms with Crippen molar-refractivity contribution in [3.05, 3.63) is 324 Å². The first-order valence-corrected chi connectivity index (χ1v) is 29.1. The van der Waals surface area contributed by atoms with Gasteiger partial charge in [-0.25, -0.2) is 0 Å². The standard InChI is InChI=1S/C78H46N2S/c1-2-18-52-48(17-1)37-43-66-74(52)59-42-41-51(46-68(59)77(66)61-25-8-3-19-53(61)54-20-4-9-26-62(54)77)79(50-39-35-47(36-40-50)49-38-44-73-60(45-49)56-22-7-14-34-72(56)81-73)71-33-16-29-65-75(71)58-23-5-10-27-63(58)78(65)64-28-11-13-32-70(64)80-69-31-12-6-21-55(69)57-24-15-30-67(78)76(57)80/h1-46H. The molecule has 0 bridgehead atoms. The molecule has 0 radical (unpaired) electrons. The first-order chi connectivity index (χ1) is 40.2. The second-order valence-corrected chi connectivity index (χ2v) is 23.6. The molecule has 2 aromatic heterocycles. The molecule has 0 amide bonds. The van der Waals surface area contributed by atoms with Crippen molar-refractivity contribution in [2.45, 2.75) is 10.8 Å². The summed E-state index contributed by atoms with van der Waals surface area (Å²) in [5.41, 5.74) is 26.6. The third kappa shape index (κ3) is 5.43. The van der Waals surface area contributed by atoms with Gasteiger partial charge in [-0.1, -0.05) is 218 Å². The normalized spacial score (nSPS) is 15.3. The number of hydrogen-bond donors (Lipinski definition) is 0. The summed E-state index contributed by atoms with van der Waals surface area (Å²) in [5, 5.41) is 7.72. The van der Waals surface area contributed by atoms with Crippen molar-refractivity contribution in [2.75, 3.05) is 4.90 Å². The average molecular weight is 1040 g/mol. The van der Waals surface area contributed by atoms with Crippen LogP contribution in [0.3, 0.4) is 0 Å². The minimum atomic E-state index is -0.607. The lowest BCUT2D eigenvalue weighted by Gasteiger charge is -2.39. The molecule has 3 aliphatic carbocycles. The van der Waals surface area contributed by atoms with Crippen LogP contribution in [-0.2, 0) is 10.8 Å². The maximum atomic E-state index is 2.59. The van der Waals surface area contributed by atoms with Gasteiger partial charge in [-0.05, 0) is 155 Å². The summed E-state index contributed by atoms with van der Waals surface area (Å²) >= 11 is 1.87. The lowest BCUT2D eigenvalue weighted by molar-refractivity contribution is 0.748. The lowest BCUT2D eigenvalue weighted by Crippen LogP contribution is -2.33. The second kappa shape index (κ2) is 15.8. The van der Waals surface area contributed by atoms with Gasteiger partial charge in [-0.15, -0.1) is 11.3 Å². The van der Waals surface area contributed by atoms with E-state index in [2.05, 4.69) is 289 Å². The maximum Gasteiger partial charge on any atom is 0.0755 e. The van der Waals surface area contributed by atoms with Crippen molar-refractivity contribution in [1.29, 1.82) is 0 Å². The Kier molecular flexibility index (Phi) is 8.57. The third-order valence-corrected chi connectivity index (χ3v) is 20.1. The first-order valence-electron chi connectivity index (χ1n) is 28.2. The van der Waals surface area contributed by atoms with E-state index in [9.17, 15) is 0 Å². The van der Waals surface area contributed by atoms with Crippen LogP contribution in [0.15, 0.2) is 279 Å². The predicted octanol–water partition coefficient (Wildman–Crippen LogP) is 20.5. The van der Waals surface area contributed by atoms with Crippen LogP contribution in [0.25, 0.3) is 103 Å². The van der Waals surface area contributed by atoms with E-state index < -0.39 is 10.8 Å². The summed E-state index contributed by atoms with van der Waals surface area (Å²) in [6.07, 6.45) is 0. The van der Waals surface area contributed by atoms with Gasteiger partial charge >= 0.3 is 0 Å². The van der Waals surface area contributed by atoms with Gasteiger partial charge in [-0.2, -0.15) is 0 Å². The Morgan fingerprint density at radius 2 is 0.877 bits per heavy atom. The molecule has 2 nitrogen and oxygen atoms in total. The highest BCUT2D eigenvalue weighted by Gasteiger charge is 2.54. The lowest BCUT2D eigenvalue weighted by atomic mass is 9.65. The molecule has 4 aliphatic rings. The zero-order chi connectivity index (χ0) is 52.7. The van der Waals surface area contributed by atoms with E-state index >= 15 is 0 Å². The fraction of sp³-hybridized carbons (Fsp3) is 0.0256. The van der Waals surface area contributed by atoms with Crippen LogP contribution < -0.4 is 4.90 Å². The Balaban J connectivity index is 0.895. The van der Waals surface area contributed by atoms with Crippen molar-refractivity contribution in [2.24, 2.45) is 0 Å². The van der Waals surface area contributed by atoms with Crippen molar-refractivity contribution in [3.8, 4) is 50.2 Å². The molecule has 2 spiro atoms. The monoisotopic (exact) mass is 1040 g/mol. The zero-order valence-electron chi connectivity index (χ0n) is 43.9. The van der Waals surface area contributed by atoms with Gasteiger partial charge in [0.25, 0.3) is 0 Å². The fourth-order valence-electron chi connectivity index (χ4n) is 15.9. The highest BCUT2D eigenvalue weighted by molar-refractivity contribution is 7.25. The van der Waals surface area contributed by atoms with Crippen molar-refractivity contribution < 1.29 is 0 Å². The molecule has 0 fully saturated rings. The molecule has 15 aromatic rings. The van der Waals surface area contributed by atoms with E-state index in [-0.39, 0.29) is 0 Å². The van der Waals surface area contributed by atoms with Gasteiger partial charge in [0.2, 0.25) is 0 Å². The number of para-hydroxylation sites is 3. The van der Waals surface area contributed by atoms with E-state index in [0.717, 1.165) is 17.1 Å². The molecule has 3 heterocycles. The SMILES string of the molecule is c1ccc2c(c1)-c1ccccc1C21c2cc(N(c3ccc(-c4ccc5sc6ccccc6c5c4)cc3)c3cccc4c3-c3ccccc3C43c4ccccc4-n4c5ccccc5c5cccc3c54)ccc2-c2c1ccc1ccccc21. The molecule has 1 aliphatic heterocycles. The summed E-state index contributed by atoms with van der Waals surface area (Å²) in [7, 11) is 0. The van der Waals surface area contributed by atoms with Crippen LogP contribution in [-0.4, -0.2) is 4.57 Å². The van der Waals surface area contributed by atoms with Crippen LogP contribution in [0.4, 0.5) is 17.1 Å². The van der Waals surface area contributed by atoms with Gasteiger partial charge < -0.3 is 9.47 Å². The molecule has 0 saturated carbocycles. The number of anilines is 3. The third-order valence-electron chi connectivity index (χ3n) is 19.0. The molecule has 0 N–H and O–H groups in total. The Morgan fingerprint density at radius 1 is 0.309 bits per heavy atom. The molecular formula is C78H46N2S. The van der Waals surface area contributed by atoms with Crippen molar-refractivity contribution in [1.82, 2.24) is 4.57 Å². The smallest absolute Gasteiger partial charge is 0.0755 e. The van der Waals surface area contributed by atoms with Crippen LogP contribution in [0.1, 0.15) is 44.5 Å². The molecule has 1 atom stereocenters. The van der Waals surface area contributed by atoms with Gasteiger partial charge in [0.05, 0.1) is 33.2 Å². The molecular weight excluding hydrogens is 997 g/mol.